The number of fused-ring (bicyclic) bond motifs is 11. The maximum absolute atomic E-state index is 6.80. The normalized spacial score (nSPS) is 13.7. The Hall–Kier alpha value is -7.62. The van der Waals surface area contributed by atoms with Crippen molar-refractivity contribution in [3.8, 4) is 28.3 Å². The van der Waals surface area contributed by atoms with Gasteiger partial charge in [-0.25, -0.2) is 0 Å². The summed E-state index contributed by atoms with van der Waals surface area (Å²) in [5.41, 5.74) is 14.9. The van der Waals surface area contributed by atoms with Crippen LogP contribution in [0.5, 0.6) is 11.5 Å². The molecule has 0 atom stereocenters. The van der Waals surface area contributed by atoms with E-state index in [1.807, 2.05) is 19.1 Å². The van der Waals surface area contributed by atoms with Gasteiger partial charge in [0.05, 0.1) is 33.5 Å². The van der Waals surface area contributed by atoms with Gasteiger partial charge in [0.25, 0.3) is 0 Å². The minimum absolute atomic E-state index is 0.743. The Morgan fingerprint density at radius 1 is 0.525 bits per heavy atom. The van der Waals surface area contributed by atoms with Gasteiger partial charge in [-0.3, -0.25) is 0 Å². The second-order valence-electron chi connectivity index (χ2n) is 15.3. The van der Waals surface area contributed by atoms with Crippen molar-refractivity contribution in [1.82, 2.24) is 4.57 Å². The van der Waals surface area contributed by atoms with Crippen LogP contribution in [0.2, 0.25) is 0 Å². The molecule has 2 aliphatic heterocycles. The monoisotopic (exact) mass is 756 g/mol. The van der Waals surface area contributed by atoms with E-state index in [4.69, 9.17) is 4.74 Å². The molecule has 2 aliphatic rings. The first-order valence-corrected chi connectivity index (χ1v) is 20.2. The van der Waals surface area contributed by atoms with Crippen molar-refractivity contribution in [3.05, 3.63) is 247 Å². The highest BCUT2D eigenvalue weighted by molar-refractivity contribution is 6.17. The average molecular weight is 757 g/mol. The Balaban J connectivity index is 1.30. The topological polar surface area (TPSA) is 17.4 Å². The number of rotatable bonds is 6. The maximum atomic E-state index is 6.80. The van der Waals surface area contributed by atoms with Crippen molar-refractivity contribution in [2.75, 3.05) is 4.90 Å². The van der Waals surface area contributed by atoms with Crippen LogP contribution in [0.15, 0.2) is 219 Å². The van der Waals surface area contributed by atoms with E-state index in [9.17, 15) is 0 Å². The number of aromatic nitrogens is 1. The molecule has 8 aromatic carbocycles. The lowest BCUT2D eigenvalue weighted by Gasteiger charge is -2.49. The molecule has 9 aromatic rings. The standard InChI is InChI=1S/C56H40N2O/c1-3-4-7-19-38(2)40-32-34-49-46(36-40)56(44-25-13-16-30-53(44)59-54-31-17-14-26-45(54)56)47-37-41(39-20-8-5-9-21-39)33-35-50(47)58(49)52-29-18-28-51-55(52)43-24-12-15-27-48(43)57(51)42-22-10-6-11-23-42/h3-37H,2H2,1H3/b4-3-,19-7-. The summed E-state index contributed by atoms with van der Waals surface area (Å²) in [5.74, 6) is 1.71. The van der Waals surface area contributed by atoms with Gasteiger partial charge < -0.3 is 14.2 Å². The molecule has 1 aromatic heterocycles. The quantitative estimate of drug-likeness (QED) is 0.157. The number of ether oxygens (including phenoxy) is 1. The highest BCUT2D eigenvalue weighted by Gasteiger charge is 2.51. The molecule has 0 radical (unpaired) electrons. The van der Waals surface area contributed by atoms with E-state index in [0.29, 0.717) is 0 Å². The number of benzene rings is 8. The molecule has 1 spiro atoms. The Morgan fingerprint density at radius 2 is 1.15 bits per heavy atom. The molecule has 0 fully saturated rings. The fourth-order valence-electron chi connectivity index (χ4n) is 9.60. The third-order valence-electron chi connectivity index (χ3n) is 12.1. The molecule has 3 heterocycles. The maximum Gasteiger partial charge on any atom is 0.132 e. The molecule has 0 amide bonds. The van der Waals surface area contributed by atoms with Crippen LogP contribution >= 0.6 is 0 Å². The molecule has 3 nitrogen and oxygen atoms in total. The van der Waals surface area contributed by atoms with Gasteiger partial charge in [-0.15, -0.1) is 0 Å². The average Bonchev–Trinajstić information content (AvgIpc) is 3.64. The predicted octanol–water partition coefficient (Wildman–Crippen LogP) is 14.9. The number of anilines is 3. The van der Waals surface area contributed by atoms with Gasteiger partial charge >= 0.3 is 0 Å². The summed E-state index contributed by atoms with van der Waals surface area (Å²) in [6.45, 7) is 6.62. The number of allylic oxidation sites excluding steroid dienone is 5. The van der Waals surface area contributed by atoms with Crippen molar-refractivity contribution in [1.29, 1.82) is 0 Å². The van der Waals surface area contributed by atoms with Crippen LogP contribution in [0, 0.1) is 0 Å². The van der Waals surface area contributed by atoms with Crippen molar-refractivity contribution < 1.29 is 4.74 Å². The zero-order chi connectivity index (χ0) is 39.5. The Labute approximate surface area is 344 Å². The second-order valence-corrected chi connectivity index (χ2v) is 15.3. The summed E-state index contributed by atoms with van der Waals surface area (Å²) in [6.07, 6.45) is 8.25. The van der Waals surface area contributed by atoms with Gasteiger partial charge in [-0.1, -0.05) is 152 Å². The van der Waals surface area contributed by atoms with Gasteiger partial charge in [0, 0.05) is 27.6 Å². The van der Waals surface area contributed by atoms with Crippen LogP contribution in [0.4, 0.5) is 17.1 Å². The van der Waals surface area contributed by atoms with E-state index in [-0.39, 0.29) is 0 Å². The highest BCUT2D eigenvalue weighted by Crippen LogP contribution is 2.64. The molecular formula is C56H40N2O. The van der Waals surface area contributed by atoms with Crippen LogP contribution in [-0.4, -0.2) is 4.57 Å². The van der Waals surface area contributed by atoms with Gasteiger partial charge in [0.15, 0.2) is 0 Å². The summed E-state index contributed by atoms with van der Waals surface area (Å²) < 4.78 is 9.20. The summed E-state index contributed by atoms with van der Waals surface area (Å²) in [7, 11) is 0. The molecule has 0 bridgehead atoms. The zero-order valence-electron chi connectivity index (χ0n) is 32.7. The van der Waals surface area contributed by atoms with Crippen LogP contribution < -0.4 is 9.64 Å². The lowest BCUT2D eigenvalue weighted by molar-refractivity contribution is 0.434. The highest BCUT2D eigenvalue weighted by atomic mass is 16.5. The summed E-state index contributed by atoms with van der Waals surface area (Å²) in [4.78, 5) is 2.51. The van der Waals surface area contributed by atoms with Crippen LogP contribution in [-0.2, 0) is 5.41 Å². The zero-order valence-corrected chi connectivity index (χ0v) is 32.7. The fourth-order valence-corrected chi connectivity index (χ4v) is 9.60. The smallest absolute Gasteiger partial charge is 0.132 e. The predicted molar refractivity (Wildman–Crippen MR) is 246 cm³/mol. The molecular weight excluding hydrogens is 717 g/mol. The van der Waals surface area contributed by atoms with Crippen molar-refractivity contribution in [2.45, 2.75) is 12.3 Å². The van der Waals surface area contributed by atoms with Crippen LogP contribution in [0.1, 0.15) is 34.7 Å². The Morgan fingerprint density at radius 3 is 1.90 bits per heavy atom. The third kappa shape index (κ3) is 5.21. The van der Waals surface area contributed by atoms with Gasteiger partial charge in [0.2, 0.25) is 0 Å². The Kier molecular flexibility index (Phi) is 8.09. The van der Waals surface area contributed by atoms with E-state index >= 15 is 0 Å². The molecule has 11 rings (SSSR count). The van der Waals surface area contributed by atoms with Crippen LogP contribution in [0.3, 0.4) is 0 Å². The minimum Gasteiger partial charge on any atom is -0.457 e. The molecule has 59 heavy (non-hydrogen) atoms. The summed E-state index contributed by atoms with van der Waals surface area (Å²) >= 11 is 0. The number of hydrogen-bond donors (Lipinski definition) is 0. The van der Waals surface area contributed by atoms with Crippen molar-refractivity contribution >= 4 is 44.4 Å². The largest absolute Gasteiger partial charge is 0.457 e. The third-order valence-corrected chi connectivity index (χ3v) is 12.1. The fraction of sp³-hybridized carbons (Fsp3) is 0.0357. The molecule has 0 aliphatic carbocycles. The molecule has 0 unspecified atom stereocenters. The van der Waals surface area contributed by atoms with Crippen LogP contribution in [0.25, 0.3) is 44.2 Å². The lowest BCUT2D eigenvalue weighted by Crippen LogP contribution is -2.40. The molecule has 280 valence electrons. The molecule has 0 N–H and O–H groups in total. The first-order chi connectivity index (χ1) is 29.2. The first kappa shape index (κ1) is 34.6. The van der Waals surface area contributed by atoms with Gasteiger partial charge in [0.1, 0.15) is 11.5 Å². The number of para-hydroxylation sites is 4. The van der Waals surface area contributed by atoms with E-state index in [0.717, 1.165) is 67.6 Å². The van der Waals surface area contributed by atoms with Gasteiger partial charge in [-0.2, -0.15) is 0 Å². The number of hydrogen-bond acceptors (Lipinski definition) is 2. The molecule has 0 saturated carbocycles. The molecule has 0 saturated heterocycles. The minimum atomic E-state index is -0.743. The second kappa shape index (κ2) is 13.8. The van der Waals surface area contributed by atoms with E-state index in [2.05, 4.69) is 216 Å². The molecule has 3 heteroatoms. The number of nitrogens with zero attached hydrogens (tertiary/aromatic N) is 2. The van der Waals surface area contributed by atoms with Crippen molar-refractivity contribution in [2.24, 2.45) is 0 Å². The summed E-state index contributed by atoms with van der Waals surface area (Å²) in [6, 6.07) is 68.1. The SMILES string of the molecule is C=C(/C=C\C=C/C)c1ccc2c(c1)C1(c3ccccc3Oc3ccccc31)c1cc(-c3ccccc3)ccc1N2c1cccc2c1c1ccccc1n2-c1ccccc1. The van der Waals surface area contributed by atoms with Gasteiger partial charge in [-0.05, 0) is 107 Å². The summed E-state index contributed by atoms with van der Waals surface area (Å²) in [5, 5.41) is 2.40. The van der Waals surface area contributed by atoms with E-state index < -0.39 is 5.41 Å². The van der Waals surface area contributed by atoms with E-state index in [1.165, 1.54) is 33.0 Å². The Bertz CT molecular complexity index is 3120. The van der Waals surface area contributed by atoms with E-state index in [1.54, 1.807) is 0 Å². The van der Waals surface area contributed by atoms with Crippen molar-refractivity contribution in [3.63, 3.8) is 0 Å². The lowest BCUT2D eigenvalue weighted by atomic mass is 9.60. The first-order valence-electron chi connectivity index (χ1n) is 20.2.